The molecule has 0 unspecified atom stereocenters. The zero-order chi connectivity index (χ0) is 18.4. The van der Waals surface area contributed by atoms with Crippen LogP contribution in [-0.2, 0) is 11.3 Å². The monoisotopic (exact) mass is 353 g/mol. The van der Waals surface area contributed by atoms with Crippen LogP contribution in [0.3, 0.4) is 0 Å². The fourth-order valence-electron chi connectivity index (χ4n) is 3.67. The summed E-state index contributed by atoms with van der Waals surface area (Å²) in [6, 6.07) is 10.4. The van der Waals surface area contributed by atoms with Gasteiger partial charge >= 0.3 is 0 Å². The van der Waals surface area contributed by atoms with Crippen LogP contribution in [0.25, 0.3) is 10.9 Å². The predicted molar refractivity (Wildman–Crippen MR) is 107 cm³/mol. The van der Waals surface area contributed by atoms with Crippen molar-refractivity contribution in [3.8, 4) is 0 Å². The standard InChI is InChI=1S/C22H31N3O/c1-24(17-20-10-4-9-19-11-5-14-23-22(19)20)15-6-16-25(2)21(26)13-12-18-7-3-8-18/h4-5,9-11,14,18H,3,6-8,12-13,15-17H2,1-2H3. The maximum atomic E-state index is 12.2. The summed E-state index contributed by atoms with van der Waals surface area (Å²) in [5, 5.41) is 1.19. The molecule has 0 N–H and O–H groups in total. The van der Waals surface area contributed by atoms with Crippen molar-refractivity contribution in [3.63, 3.8) is 0 Å². The molecule has 2 aromatic rings. The van der Waals surface area contributed by atoms with E-state index in [1.807, 2.05) is 24.2 Å². The van der Waals surface area contributed by atoms with Gasteiger partial charge in [0, 0.05) is 38.1 Å². The molecule has 1 aromatic carbocycles. The van der Waals surface area contributed by atoms with Crippen molar-refractivity contribution < 1.29 is 4.79 Å². The van der Waals surface area contributed by atoms with Crippen LogP contribution in [0.5, 0.6) is 0 Å². The Balaban J connectivity index is 1.40. The Morgan fingerprint density at radius 3 is 2.73 bits per heavy atom. The lowest BCUT2D eigenvalue weighted by Gasteiger charge is -2.26. The van der Waals surface area contributed by atoms with E-state index in [2.05, 4.69) is 41.2 Å². The largest absolute Gasteiger partial charge is 0.346 e. The van der Waals surface area contributed by atoms with Crippen LogP contribution in [0.15, 0.2) is 36.5 Å². The minimum atomic E-state index is 0.304. The number of rotatable bonds is 9. The summed E-state index contributed by atoms with van der Waals surface area (Å²) in [7, 11) is 4.08. The Bertz CT molecular complexity index is 721. The molecule has 1 aliphatic carbocycles. The van der Waals surface area contributed by atoms with Gasteiger partial charge in [-0.2, -0.15) is 0 Å². The molecule has 4 nitrogen and oxygen atoms in total. The lowest BCUT2D eigenvalue weighted by molar-refractivity contribution is -0.130. The van der Waals surface area contributed by atoms with E-state index >= 15 is 0 Å². The number of hydrogen-bond donors (Lipinski definition) is 0. The summed E-state index contributed by atoms with van der Waals surface area (Å²) in [5.74, 6) is 1.12. The van der Waals surface area contributed by atoms with Crippen LogP contribution >= 0.6 is 0 Å². The molecule has 3 rings (SSSR count). The van der Waals surface area contributed by atoms with Crippen LogP contribution in [0.2, 0.25) is 0 Å². The number of fused-ring (bicyclic) bond motifs is 1. The van der Waals surface area contributed by atoms with Gasteiger partial charge in [0.25, 0.3) is 0 Å². The molecule has 0 radical (unpaired) electrons. The van der Waals surface area contributed by atoms with Crippen LogP contribution in [0, 0.1) is 5.92 Å². The van der Waals surface area contributed by atoms with E-state index in [0.717, 1.165) is 50.3 Å². The third-order valence-electron chi connectivity index (χ3n) is 5.61. The maximum Gasteiger partial charge on any atom is 0.222 e. The number of aromatic nitrogens is 1. The second kappa shape index (κ2) is 9.13. The summed E-state index contributed by atoms with van der Waals surface area (Å²) in [5.41, 5.74) is 2.35. The predicted octanol–water partition coefficient (Wildman–Crippen LogP) is 4.10. The van der Waals surface area contributed by atoms with Gasteiger partial charge < -0.3 is 9.80 Å². The van der Waals surface area contributed by atoms with E-state index in [0.29, 0.717) is 5.91 Å². The van der Waals surface area contributed by atoms with Gasteiger partial charge in [0.15, 0.2) is 0 Å². The summed E-state index contributed by atoms with van der Waals surface area (Å²) < 4.78 is 0. The molecule has 140 valence electrons. The molecule has 4 heteroatoms. The highest BCUT2D eigenvalue weighted by molar-refractivity contribution is 5.81. The minimum absolute atomic E-state index is 0.304. The summed E-state index contributed by atoms with van der Waals surface area (Å²) in [4.78, 5) is 21.0. The fraction of sp³-hybridized carbons (Fsp3) is 0.545. The van der Waals surface area contributed by atoms with Gasteiger partial charge in [0.2, 0.25) is 5.91 Å². The van der Waals surface area contributed by atoms with Crippen molar-refractivity contribution in [1.82, 2.24) is 14.8 Å². The molecule has 26 heavy (non-hydrogen) atoms. The molecule has 0 spiro atoms. The van der Waals surface area contributed by atoms with Crippen molar-refractivity contribution in [2.75, 3.05) is 27.2 Å². The normalized spacial score (nSPS) is 14.6. The van der Waals surface area contributed by atoms with Gasteiger partial charge in [0.1, 0.15) is 0 Å². The maximum absolute atomic E-state index is 12.2. The SMILES string of the molecule is CN(CCCN(C)C(=O)CCC1CCC1)Cc1cccc2cccnc12. The first-order valence-electron chi connectivity index (χ1n) is 9.88. The molecule has 1 aliphatic rings. The second-order valence-electron chi connectivity index (χ2n) is 7.73. The first-order valence-corrected chi connectivity index (χ1v) is 9.88. The third-order valence-corrected chi connectivity index (χ3v) is 5.61. The molecule has 0 saturated heterocycles. The zero-order valence-corrected chi connectivity index (χ0v) is 16.2. The van der Waals surface area contributed by atoms with Gasteiger partial charge in [-0.1, -0.05) is 43.5 Å². The third kappa shape index (κ3) is 5.04. The zero-order valence-electron chi connectivity index (χ0n) is 16.2. The first-order chi connectivity index (χ1) is 12.6. The quantitative estimate of drug-likeness (QED) is 0.681. The Hall–Kier alpha value is -1.94. The molecule has 1 heterocycles. The van der Waals surface area contributed by atoms with E-state index in [1.165, 1.54) is 30.2 Å². The molecular formula is C22H31N3O. The number of benzene rings is 1. The molecule has 1 amide bonds. The van der Waals surface area contributed by atoms with E-state index in [9.17, 15) is 4.79 Å². The molecule has 0 aliphatic heterocycles. The van der Waals surface area contributed by atoms with E-state index in [1.54, 1.807) is 0 Å². The van der Waals surface area contributed by atoms with Gasteiger partial charge in [-0.05, 0) is 44.0 Å². The summed E-state index contributed by atoms with van der Waals surface area (Å²) >= 11 is 0. The van der Waals surface area contributed by atoms with Crippen LogP contribution < -0.4 is 0 Å². The van der Waals surface area contributed by atoms with Crippen LogP contribution in [-0.4, -0.2) is 47.9 Å². The first kappa shape index (κ1) is 18.8. The number of amides is 1. The van der Waals surface area contributed by atoms with Crippen molar-refractivity contribution in [1.29, 1.82) is 0 Å². The lowest BCUT2D eigenvalue weighted by Crippen LogP contribution is -2.30. The van der Waals surface area contributed by atoms with Gasteiger partial charge in [-0.25, -0.2) is 0 Å². The van der Waals surface area contributed by atoms with Gasteiger partial charge in [-0.3, -0.25) is 9.78 Å². The molecule has 1 saturated carbocycles. The lowest BCUT2D eigenvalue weighted by atomic mass is 9.82. The van der Waals surface area contributed by atoms with Crippen molar-refractivity contribution >= 4 is 16.8 Å². The molecule has 0 atom stereocenters. The van der Waals surface area contributed by atoms with Crippen molar-refractivity contribution in [2.24, 2.45) is 5.92 Å². The highest BCUT2D eigenvalue weighted by atomic mass is 16.2. The Morgan fingerprint density at radius 2 is 1.96 bits per heavy atom. The van der Waals surface area contributed by atoms with Crippen molar-refractivity contribution in [3.05, 3.63) is 42.1 Å². The summed E-state index contributed by atoms with van der Waals surface area (Å²) in [6.07, 6.45) is 8.66. The number of para-hydroxylation sites is 1. The van der Waals surface area contributed by atoms with Gasteiger partial charge in [0.05, 0.1) is 5.52 Å². The smallest absolute Gasteiger partial charge is 0.222 e. The second-order valence-corrected chi connectivity index (χ2v) is 7.73. The average molecular weight is 354 g/mol. The molecule has 1 aromatic heterocycles. The minimum Gasteiger partial charge on any atom is -0.346 e. The fourth-order valence-corrected chi connectivity index (χ4v) is 3.67. The Labute approximate surface area is 157 Å². The van der Waals surface area contributed by atoms with E-state index in [4.69, 9.17) is 0 Å². The van der Waals surface area contributed by atoms with Crippen LogP contribution in [0.1, 0.15) is 44.1 Å². The molecular weight excluding hydrogens is 322 g/mol. The highest BCUT2D eigenvalue weighted by Crippen LogP contribution is 2.30. The van der Waals surface area contributed by atoms with E-state index < -0.39 is 0 Å². The highest BCUT2D eigenvalue weighted by Gasteiger charge is 2.19. The Morgan fingerprint density at radius 1 is 1.15 bits per heavy atom. The Kier molecular flexibility index (Phi) is 6.62. The number of nitrogens with zero attached hydrogens (tertiary/aromatic N) is 3. The molecule has 1 fully saturated rings. The van der Waals surface area contributed by atoms with Crippen LogP contribution in [0.4, 0.5) is 0 Å². The topological polar surface area (TPSA) is 36.4 Å². The van der Waals surface area contributed by atoms with E-state index in [-0.39, 0.29) is 0 Å². The number of carbonyl (C=O) groups is 1. The van der Waals surface area contributed by atoms with Gasteiger partial charge in [-0.15, -0.1) is 0 Å². The van der Waals surface area contributed by atoms with Crippen molar-refractivity contribution in [2.45, 2.75) is 45.1 Å². The number of carbonyl (C=O) groups excluding carboxylic acids is 1. The number of hydrogen-bond acceptors (Lipinski definition) is 3. The molecule has 0 bridgehead atoms. The average Bonchev–Trinajstić information content (AvgIpc) is 2.60. The summed E-state index contributed by atoms with van der Waals surface area (Å²) in [6.45, 7) is 2.69. The number of pyridine rings is 1.